The zero-order chi connectivity index (χ0) is 13.1. The average molecular weight is 258 g/mol. The lowest BCUT2D eigenvalue weighted by atomic mass is 10.2. The van der Waals surface area contributed by atoms with E-state index in [2.05, 4.69) is 24.1 Å². The minimum Gasteiger partial charge on any atom is -0.380 e. The first-order valence-corrected chi connectivity index (χ1v) is 7.49. The van der Waals surface area contributed by atoms with Crippen molar-refractivity contribution < 1.29 is 9.47 Å². The number of nitrogens with one attached hydrogen (secondary N) is 1. The summed E-state index contributed by atoms with van der Waals surface area (Å²) in [7, 11) is 0. The van der Waals surface area contributed by atoms with Crippen LogP contribution in [0.25, 0.3) is 0 Å². The van der Waals surface area contributed by atoms with Crippen LogP contribution in [0.4, 0.5) is 0 Å². The van der Waals surface area contributed by atoms with E-state index in [0.717, 1.165) is 59.0 Å². The number of rotatable bonds is 10. The van der Waals surface area contributed by atoms with Crippen LogP contribution in [-0.2, 0) is 9.47 Å². The normalized spacial score (nSPS) is 21.3. The van der Waals surface area contributed by atoms with Gasteiger partial charge in [-0.3, -0.25) is 4.90 Å². The van der Waals surface area contributed by atoms with E-state index < -0.39 is 0 Å². The molecular formula is C14H30N2O2. The van der Waals surface area contributed by atoms with E-state index in [1.165, 1.54) is 12.8 Å². The highest BCUT2D eigenvalue weighted by Crippen LogP contribution is 2.06. The predicted molar refractivity (Wildman–Crippen MR) is 75.1 cm³/mol. The number of nitrogens with zero attached hydrogens (tertiary/aromatic N) is 1. The van der Waals surface area contributed by atoms with E-state index in [4.69, 9.17) is 9.47 Å². The Balaban J connectivity index is 1.88. The summed E-state index contributed by atoms with van der Waals surface area (Å²) in [5.74, 6) is 0. The van der Waals surface area contributed by atoms with Crippen molar-refractivity contribution in [3.63, 3.8) is 0 Å². The smallest absolute Gasteiger partial charge is 0.0700 e. The highest BCUT2D eigenvalue weighted by atomic mass is 16.5. The molecule has 0 aromatic heterocycles. The fraction of sp³-hybridized carbons (Fsp3) is 1.00. The Labute approximate surface area is 112 Å². The summed E-state index contributed by atoms with van der Waals surface area (Å²) < 4.78 is 11.2. The molecular weight excluding hydrogens is 228 g/mol. The summed E-state index contributed by atoms with van der Waals surface area (Å²) in [6.45, 7) is 12.3. The van der Waals surface area contributed by atoms with Gasteiger partial charge in [-0.2, -0.15) is 0 Å². The molecule has 1 unspecified atom stereocenters. The summed E-state index contributed by atoms with van der Waals surface area (Å²) in [4.78, 5) is 2.49. The molecule has 1 aliphatic rings. The van der Waals surface area contributed by atoms with Gasteiger partial charge in [-0.15, -0.1) is 0 Å². The second kappa shape index (κ2) is 10.7. The molecule has 1 aliphatic heterocycles. The third-order valence-corrected chi connectivity index (χ3v) is 3.35. The van der Waals surface area contributed by atoms with Crippen molar-refractivity contribution in [1.82, 2.24) is 10.2 Å². The summed E-state index contributed by atoms with van der Waals surface area (Å²) >= 11 is 0. The predicted octanol–water partition coefficient (Wildman–Crippen LogP) is 1.50. The van der Waals surface area contributed by atoms with Gasteiger partial charge in [0.2, 0.25) is 0 Å². The highest BCUT2D eigenvalue weighted by Gasteiger charge is 2.17. The monoisotopic (exact) mass is 258 g/mol. The molecule has 0 bridgehead atoms. The third-order valence-electron chi connectivity index (χ3n) is 3.35. The second-order valence-electron chi connectivity index (χ2n) is 4.92. The van der Waals surface area contributed by atoms with Crippen LogP contribution in [0.15, 0.2) is 0 Å². The lowest BCUT2D eigenvalue weighted by molar-refractivity contribution is -0.0291. The number of hydrogen-bond donors (Lipinski definition) is 1. The van der Waals surface area contributed by atoms with Gasteiger partial charge in [0, 0.05) is 39.3 Å². The van der Waals surface area contributed by atoms with Gasteiger partial charge in [0.15, 0.2) is 0 Å². The van der Waals surface area contributed by atoms with Gasteiger partial charge < -0.3 is 14.8 Å². The van der Waals surface area contributed by atoms with Gasteiger partial charge in [0.1, 0.15) is 0 Å². The summed E-state index contributed by atoms with van der Waals surface area (Å²) in [6.07, 6.45) is 3.95. The van der Waals surface area contributed by atoms with E-state index in [1.54, 1.807) is 0 Å². The summed E-state index contributed by atoms with van der Waals surface area (Å²) in [5.41, 5.74) is 0. The van der Waals surface area contributed by atoms with E-state index in [1.807, 2.05) is 0 Å². The molecule has 1 fully saturated rings. The largest absolute Gasteiger partial charge is 0.380 e. The second-order valence-corrected chi connectivity index (χ2v) is 4.92. The van der Waals surface area contributed by atoms with Crippen LogP contribution in [0.3, 0.4) is 0 Å². The SMILES string of the molecule is CCCCOCCNCCN1CCOC(CC)C1. The Kier molecular flexibility index (Phi) is 9.48. The molecule has 108 valence electrons. The Hall–Kier alpha value is -0.160. The first kappa shape index (κ1) is 15.9. The number of unbranched alkanes of at least 4 members (excludes halogenated alkanes) is 1. The van der Waals surface area contributed by atoms with Crippen molar-refractivity contribution in [2.24, 2.45) is 0 Å². The third kappa shape index (κ3) is 7.31. The van der Waals surface area contributed by atoms with Gasteiger partial charge >= 0.3 is 0 Å². The first-order valence-electron chi connectivity index (χ1n) is 7.49. The molecule has 1 atom stereocenters. The van der Waals surface area contributed by atoms with Crippen LogP contribution >= 0.6 is 0 Å². The zero-order valence-corrected chi connectivity index (χ0v) is 12.1. The molecule has 0 aromatic carbocycles. The first-order chi connectivity index (χ1) is 8.86. The molecule has 0 radical (unpaired) electrons. The summed E-state index contributed by atoms with van der Waals surface area (Å²) in [6, 6.07) is 0. The molecule has 0 amide bonds. The molecule has 1 rings (SSSR count). The molecule has 0 saturated carbocycles. The van der Waals surface area contributed by atoms with E-state index in [9.17, 15) is 0 Å². The van der Waals surface area contributed by atoms with Gasteiger partial charge in [-0.1, -0.05) is 20.3 Å². The Morgan fingerprint density at radius 1 is 1.28 bits per heavy atom. The van der Waals surface area contributed by atoms with Gasteiger partial charge in [0.25, 0.3) is 0 Å². The van der Waals surface area contributed by atoms with E-state index in [0.29, 0.717) is 6.10 Å². The molecule has 0 spiro atoms. The molecule has 4 heteroatoms. The zero-order valence-electron chi connectivity index (χ0n) is 12.1. The molecule has 4 nitrogen and oxygen atoms in total. The average Bonchev–Trinajstić information content (AvgIpc) is 2.42. The van der Waals surface area contributed by atoms with Crippen molar-refractivity contribution in [2.75, 3.05) is 52.5 Å². The van der Waals surface area contributed by atoms with Crippen molar-refractivity contribution in [3.8, 4) is 0 Å². The fourth-order valence-electron chi connectivity index (χ4n) is 2.09. The van der Waals surface area contributed by atoms with Crippen LogP contribution in [-0.4, -0.2) is 63.5 Å². The Morgan fingerprint density at radius 3 is 2.94 bits per heavy atom. The van der Waals surface area contributed by atoms with Crippen LogP contribution in [0.5, 0.6) is 0 Å². The van der Waals surface area contributed by atoms with Gasteiger partial charge in [0.05, 0.1) is 19.3 Å². The van der Waals surface area contributed by atoms with Crippen molar-refractivity contribution >= 4 is 0 Å². The van der Waals surface area contributed by atoms with E-state index >= 15 is 0 Å². The standard InChI is InChI=1S/C14H30N2O2/c1-3-5-10-17-11-7-15-6-8-16-9-12-18-14(4-2)13-16/h14-15H,3-13H2,1-2H3. The quantitative estimate of drug-likeness (QED) is 0.602. The van der Waals surface area contributed by atoms with Crippen molar-refractivity contribution in [2.45, 2.75) is 39.2 Å². The summed E-state index contributed by atoms with van der Waals surface area (Å²) in [5, 5.41) is 3.43. The maximum Gasteiger partial charge on any atom is 0.0700 e. The lowest BCUT2D eigenvalue weighted by Crippen LogP contribution is -2.44. The molecule has 0 aromatic rings. The molecule has 1 heterocycles. The van der Waals surface area contributed by atoms with Crippen molar-refractivity contribution in [1.29, 1.82) is 0 Å². The molecule has 0 aliphatic carbocycles. The van der Waals surface area contributed by atoms with Crippen LogP contribution in [0.2, 0.25) is 0 Å². The Bertz CT molecular complexity index is 191. The highest BCUT2D eigenvalue weighted by molar-refractivity contribution is 4.70. The lowest BCUT2D eigenvalue weighted by Gasteiger charge is -2.32. The van der Waals surface area contributed by atoms with E-state index in [-0.39, 0.29) is 0 Å². The number of ether oxygens (including phenoxy) is 2. The molecule has 1 N–H and O–H groups in total. The fourth-order valence-corrected chi connectivity index (χ4v) is 2.09. The van der Waals surface area contributed by atoms with Gasteiger partial charge in [-0.25, -0.2) is 0 Å². The maximum absolute atomic E-state index is 5.66. The topological polar surface area (TPSA) is 33.7 Å². The minimum atomic E-state index is 0.441. The Morgan fingerprint density at radius 2 is 2.17 bits per heavy atom. The molecule has 18 heavy (non-hydrogen) atoms. The molecule has 1 saturated heterocycles. The van der Waals surface area contributed by atoms with Crippen molar-refractivity contribution in [3.05, 3.63) is 0 Å². The number of morpholine rings is 1. The number of hydrogen-bond acceptors (Lipinski definition) is 4. The minimum absolute atomic E-state index is 0.441. The maximum atomic E-state index is 5.66. The van der Waals surface area contributed by atoms with Crippen LogP contribution < -0.4 is 5.32 Å². The van der Waals surface area contributed by atoms with Crippen LogP contribution in [0.1, 0.15) is 33.1 Å². The van der Waals surface area contributed by atoms with Crippen LogP contribution in [0, 0.1) is 0 Å². The van der Waals surface area contributed by atoms with Gasteiger partial charge in [-0.05, 0) is 12.8 Å².